The van der Waals surface area contributed by atoms with Crippen LogP contribution in [0.25, 0.3) is 0 Å². The molecule has 1 saturated heterocycles. The van der Waals surface area contributed by atoms with Gasteiger partial charge in [-0.1, -0.05) is 0 Å². The van der Waals surface area contributed by atoms with E-state index in [1.807, 2.05) is 4.90 Å². The summed E-state index contributed by atoms with van der Waals surface area (Å²) in [5.41, 5.74) is 0.852. The van der Waals surface area contributed by atoms with Crippen LogP contribution in [0.15, 0.2) is 18.2 Å². The lowest BCUT2D eigenvalue weighted by atomic mass is 10.1. The molecule has 0 aliphatic carbocycles. The van der Waals surface area contributed by atoms with Crippen molar-refractivity contribution in [3.8, 4) is 0 Å². The molecule has 0 bridgehead atoms. The summed E-state index contributed by atoms with van der Waals surface area (Å²) in [5, 5.41) is 20.7. The van der Waals surface area contributed by atoms with E-state index < -0.39 is 11.0 Å². The molecule has 0 aromatic heterocycles. The number of nitrogens with zero attached hydrogens (tertiary/aromatic N) is 3. The molecule has 0 saturated carbocycles. The van der Waals surface area contributed by atoms with Gasteiger partial charge in [0.05, 0.1) is 11.0 Å². The molecule has 1 aliphatic rings. The summed E-state index contributed by atoms with van der Waals surface area (Å²) in [7, 11) is 1.63. The number of anilines is 1. The Labute approximate surface area is 135 Å². The number of aliphatic hydroxyl groups excluding tert-OH is 1. The quantitative estimate of drug-likeness (QED) is 0.640. The molecule has 1 amide bonds. The van der Waals surface area contributed by atoms with Gasteiger partial charge in [0.1, 0.15) is 5.69 Å². The van der Waals surface area contributed by atoms with E-state index in [1.165, 1.54) is 11.0 Å². The fourth-order valence-corrected chi connectivity index (χ4v) is 2.73. The van der Waals surface area contributed by atoms with E-state index in [0.29, 0.717) is 24.2 Å². The molecule has 0 spiro atoms. The van der Waals surface area contributed by atoms with Crippen LogP contribution in [0, 0.1) is 10.1 Å². The van der Waals surface area contributed by atoms with Crippen LogP contribution in [0.3, 0.4) is 0 Å². The summed E-state index contributed by atoms with van der Waals surface area (Å²) < 4.78 is 0. The molecule has 0 radical (unpaired) electrons. The van der Waals surface area contributed by atoms with Crippen LogP contribution in [-0.4, -0.2) is 53.6 Å². The lowest BCUT2D eigenvalue weighted by Gasteiger charge is -2.20. The van der Waals surface area contributed by atoms with Gasteiger partial charge in [-0.2, -0.15) is 0 Å². The third-order valence-electron chi connectivity index (χ3n) is 4.09. The molecule has 1 aromatic carbocycles. The van der Waals surface area contributed by atoms with Crippen molar-refractivity contribution in [1.82, 2.24) is 4.90 Å². The number of amides is 1. The van der Waals surface area contributed by atoms with Crippen molar-refractivity contribution >= 4 is 17.3 Å². The molecular weight excluding hydrogens is 298 g/mol. The van der Waals surface area contributed by atoms with Crippen LogP contribution in [0.2, 0.25) is 0 Å². The van der Waals surface area contributed by atoms with Crippen molar-refractivity contribution in [1.29, 1.82) is 0 Å². The average Bonchev–Trinajstić information content (AvgIpc) is 3.05. The van der Waals surface area contributed by atoms with Gasteiger partial charge >= 0.3 is 0 Å². The zero-order valence-electron chi connectivity index (χ0n) is 13.6. The maximum atomic E-state index is 12.4. The predicted molar refractivity (Wildman–Crippen MR) is 87.8 cm³/mol. The normalized spacial score (nSPS) is 15.5. The molecule has 1 fully saturated rings. The first kappa shape index (κ1) is 17.2. The number of rotatable bonds is 6. The summed E-state index contributed by atoms with van der Waals surface area (Å²) >= 11 is 0. The highest BCUT2D eigenvalue weighted by Crippen LogP contribution is 2.31. The Kier molecular flexibility index (Phi) is 5.54. The minimum atomic E-state index is -0.489. The van der Waals surface area contributed by atoms with E-state index in [4.69, 9.17) is 0 Å². The van der Waals surface area contributed by atoms with Crippen LogP contribution in [-0.2, 0) is 0 Å². The number of hydrogen-bond acceptors (Lipinski definition) is 5. The molecule has 1 N–H and O–H groups in total. The van der Waals surface area contributed by atoms with E-state index in [-0.39, 0.29) is 11.6 Å². The molecule has 7 nitrogen and oxygen atoms in total. The van der Waals surface area contributed by atoms with Gasteiger partial charge in [-0.05, 0) is 38.3 Å². The Morgan fingerprint density at radius 3 is 2.65 bits per heavy atom. The van der Waals surface area contributed by atoms with E-state index in [9.17, 15) is 20.0 Å². The Balaban J connectivity index is 2.21. The van der Waals surface area contributed by atoms with Crippen LogP contribution >= 0.6 is 0 Å². The largest absolute Gasteiger partial charge is 0.393 e. The number of carbonyl (C=O) groups excluding carboxylic acids is 1. The third-order valence-corrected chi connectivity index (χ3v) is 4.09. The van der Waals surface area contributed by atoms with Gasteiger partial charge in [-0.15, -0.1) is 0 Å². The minimum absolute atomic E-state index is 0.0262. The molecule has 1 unspecified atom stereocenters. The number of nitro groups is 1. The van der Waals surface area contributed by atoms with Gasteiger partial charge in [-0.25, -0.2) is 0 Å². The van der Waals surface area contributed by atoms with E-state index in [2.05, 4.69) is 0 Å². The monoisotopic (exact) mass is 321 g/mol. The van der Waals surface area contributed by atoms with Gasteiger partial charge in [0, 0.05) is 38.3 Å². The van der Waals surface area contributed by atoms with Gasteiger partial charge in [-0.3, -0.25) is 14.9 Å². The lowest BCUT2D eigenvalue weighted by molar-refractivity contribution is -0.384. The summed E-state index contributed by atoms with van der Waals surface area (Å²) in [5.74, 6) is -0.276. The van der Waals surface area contributed by atoms with Crippen molar-refractivity contribution in [3.05, 3.63) is 33.9 Å². The first-order valence-electron chi connectivity index (χ1n) is 7.87. The second-order valence-electron chi connectivity index (χ2n) is 6.02. The maximum Gasteiger partial charge on any atom is 0.293 e. The molecule has 2 rings (SSSR count). The molecule has 126 valence electrons. The molecule has 1 aliphatic heterocycles. The van der Waals surface area contributed by atoms with Gasteiger partial charge < -0.3 is 14.9 Å². The van der Waals surface area contributed by atoms with Gasteiger partial charge in [0.2, 0.25) is 0 Å². The molecule has 1 atom stereocenters. The van der Waals surface area contributed by atoms with Gasteiger partial charge in [0.15, 0.2) is 0 Å². The summed E-state index contributed by atoms with van der Waals surface area (Å²) in [6, 6.07) is 4.66. The summed E-state index contributed by atoms with van der Waals surface area (Å²) in [4.78, 5) is 26.8. The topological polar surface area (TPSA) is 86.9 Å². The molecule has 23 heavy (non-hydrogen) atoms. The van der Waals surface area contributed by atoms with Crippen molar-refractivity contribution in [2.75, 3.05) is 31.6 Å². The first-order valence-corrected chi connectivity index (χ1v) is 7.87. The van der Waals surface area contributed by atoms with Crippen molar-refractivity contribution in [3.63, 3.8) is 0 Å². The van der Waals surface area contributed by atoms with E-state index in [1.54, 1.807) is 26.1 Å². The zero-order chi connectivity index (χ0) is 17.0. The Morgan fingerprint density at radius 2 is 2.09 bits per heavy atom. The summed E-state index contributed by atoms with van der Waals surface area (Å²) in [6.07, 6.45) is 2.04. The van der Waals surface area contributed by atoms with Crippen LogP contribution in [0.5, 0.6) is 0 Å². The Morgan fingerprint density at radius 1 is 1.43 bits per heavy atom. The number of aliphatic hydroxyl groups is 1. The summed E-state index contributed by atoms with van der Waals surface area (Å²) in [6.45, 7) is 3.68. The van der Waals surface area contributed by atoms with E-state index >= 15 is 0 Å². The van der Waals surface area contributed by atoms with Gasteiger partial charge in [0.25, 0.3) is 11.6 Å². The Bertz CT molecular complexity index is 583. The standard InChI is InChI=1S/C16H23N3O4/c1-12(20)7-10-17(2)16(21)13-5-6-14(15(11-13)19(22)23)18-8-3-4-9-18/h5-6,11-12,20H,3-4,7-10H2,1-2H3. The van der Waals surface area contributed by atoms with Crippen molar-refractivity contribution in [2.24, 2.45) is 0 Å². The highest BCUT2D eigenvalue weighted by atomic mass is 16.6. The second kappa shape index (κ2) is 7.41. The fraction of sp³-hybridized carbons (Fsp3) is 0.562. The SMILES string of the molecule is CC(O)CCN(C)C(=O)c1ccc(N2CCCC2)c([N+](=O)[O-])c1. The lowest BCUT2D eigenvalue weighted by Crippen LogP contribution is -2.29. The Hall–Kier alpha value is -2.15. The predicted octanol–water partition coefficient (Wildman–Crippen LogP) is 2.04. The number of carbonyl (C=O) groups is 1. The number of nitro benzene ring substituents is 1. The molecule has 1 aromatic rings. The van der Waals surface area contributed by atoms with E-state index in [0.717, 1.165) is 25.9 Å². The van der Waals surface area contributed by atoms with Crippen molar-refractivity contribution in [2.45, 2.75) is 32.3 Å². The zero-order valence-corrected chi connectivity index (χ0v) is 13.6. The second-order valence-corrected chi connectivity index (χ2v) is 6.02. The smallest absolute Gasteiger partial charge is 0.293 e. The molecular formula is C16H23N3O4. The first-order chi connectivity index (χ1) is 10.9. The number of benzene rings is 1. The highest BCUT2D eigenvalue weighted by Gasteiger charge is 2.24. The minimum Gasteiger partial charge on any atom is -0.393 e. The van der Waals surface area contributed by atoms with Crippen LogP contribution in [0.4, 0.5) is 11.4 Å². The number of hydrogen-bond donors (Lipinski definition) is 1. The molecule has 1 heterocycles. The highest BCUT2D eigenvalue weighted by molar-refractivity contribution is 5.95. The average molecular weight is 321 g/mol. The third kappa shape index (κ3) is 4.19. The van der Waals surface area contributed by atoms with Crippen LogP contribution in [0.1, 0.15) is 36.5 Å². The maximum absolute atomic E-state index is 12.4. The van der Waals surface area contributed by atoms with Crippen LogP contribution < -0.4 is 4.90 Å². The fourth-order valence-electron chi connectivity index (χ4n) is 2.73. The molecule has 7 heteroatoms. The van der Waals surface area contributed by atoms with Crippen molar-refractivity contribution < 1.29 is 14.8 Å².